The van der Waals surface area contributed by atoms with Gasteiger partial charge in [-0.3, -0.25) is 4.72 Å². The van der Waals surface area contributed by atoms with Gasteiger partial charge in [-0.15, -0.1) is 0 Å². The standard InChI is InChI=1S/C15H17N3O4S/c1-3-22-15(19)11-4-6-12(7-5-11)17-13-8-9-14(16-10-13)18-23(2,20)21/h4-10,17H,3H2,1-2H3,(H,16,18). The van der Waals surface area contributed by atoms with Crippen LogP contribution in [0, 0.1) is 0 Å². The molecule has 1 heterocycles. The van der Waals surface area contributed by atoms with Crippen molar-refractivity contribution in [1.29, 1.82) is 0 Å². The Hall–Kier alpha value is -2.61. The quantitative estimate of drug-likeness (QED) is 0.787. The predicted octanol–water partition coefficient (Wildman–Crippen LogP) is 2.37. The van der Waals surface area contributed by atoms with E-state index in [2.05, 4.69) is 15.0 Å². The van der Waals surface area contributed by atoms with Crippen LogP contribution in [0.5, 0.6) is 0 Å². The molecule has 0 saturated carbocycles. The summed E-state index contributed by atoms with van der Waals surface area (Å²) in [5.41, 5.74) is 1.93. The molecule has 8 heteroatoms. The Morgan fingerprint density at radius 3 is 2.30 bits per heavy atom. The van der Waals surface area contributed by atoms with Gasteiger partial charge in [0.15, 0.2) is 0 Å². The summed E-state index contributed by atoms with van der Waals surface area (Å²) in [6, 6.07) is 10.1. The molecule has 0 spiro atoms. The fraction of sp³-hybridized carbons (Fsp3) is 0.200. The number of rotatable bonds is 6. The summed E-state index contributed by atoms with van der Waals surface area (Å²) in [6.45, 7) is 2.08. The van der Waals surface area contributed by atoms with Gasteiger partial charge in [-0.05, 0) is 43.3 Å². The molecule has 122 valence electrons. The van der Waals surface area contributed by atoms with E-state index < -0.39 is 10.0 Å². The molecule has 0 amide bonds. The SMILES string of the molecule is CCOC(=O)c1ccc(Nc2ccc(NS(C)(=O)=O)nc2)cc1. The lowest BCUT2D eigenvalue weighted by Crippen LogP contribution is -2.10. The van der Waals surface area contributed by atoms with Crippen LogP contribution >= 0.6 is 0 Å². The zero-order chi connectivity index (χ0) is 16.9. The first-order chi connectivity index (χ1) is 10.9. The molecular weight excluding hydrogens is 318 g/mol. The highest BCUT2D eigenvalue weighted by molar-refractivity contribution is 7.92. The van der Waals surface area contributed by atoms with E-state index in [-0.39, 0.29) is 11.8 Å². The van der Waals surface area contributed by atoms with Gasteiger partial charge in [0.05, 0.1) is 30.3 Å². The lowest BCUT2D eigenvalue weighted by molar-refractivity contribution is 0.0526. The second-order valence-corrected chi connectivity index (χ2v) is 6.48. The van der Waals surface area contributed by atoms with Gasteiger partial charge in [-0.1, -0.05) is 0 Å². The monoisotopic (exact) mass is 335 g/mol. The van der Waals surface area contributed by atoms with Crippen molar-refractivity contribution in [2.24, 2.45) is 0 Å². The molecule has 0 aliphatic heterocycles. The Balaban J connectivity index is 2.03. The first-order valence-electron chi connectivity index (χ1n) is 6.85. The molecule has 0 bridgehead atoms. The van der Waals surface area contributed by atoms with Gasteiger partial charge >= 0.3 is 5.97 Å². The Morgan fingerprint density at radius 2 is 1.78 bits per heavy atom. The number of nitrogens with zero attached hydrogens (tertiary/aromatic N) is 1. The molecule has 0 unspecified atom stereocenters. The summed E-state index contributed by atoms with van der Waals surface area (Å²) < 4.78 is 29.4. The average Bonchev–Trinajstić information content (AvgIpc) is 2.49. The molecule has 23 heavy (non-hydrogen) atoms. The number of aromatic nitrogens is 1. The predicted molar refractivity (Wildman–Crippen MR) is 88.4 cm³/mol. The van der Waals surface area contributed by atoms with E-state index >= 15 is 0 Å². The molecule has 1 aromatic carbocycles. The third-order valence-electron chi connectivity index (χ3n) is 2.74. The van der Waals surface area contributed by atoms with Crippen LogP contribution in [0.3, 0.4) is 0 Å². The van der Waals surface area contributed by atoms with Crippen molar-refractivity contribution in [3.05, 3.63) is 48.2 Å². The summed E-state index contributed by atoms with van der Waals surface area (Å²) in [5, 5.41) is 3.10. The number of pyridine rings is 1. The Morgan fingerprint density at radius 1 is 1.13 bits per heavy atom. The van der Waals surface area contributed by atoms with Crippen LogP contribution in [0.1, 0.15) is 17.3 Å². The molecule has 2 rings (SSSR count). The lowest BCUT2D eigenvalue weighted by atomic mass is 10.2. The highest BCUT2D eigenvalue weighted by atomic mass is 32.2. The second-order valence-electron chi connectivity index (χ2n) is 4.73. The average molecular weight is 335 g/mol. The van der Waals surface area contributed by atoms with Crippen LogP contribution in [-0.4, -0.2) is 32.2 Å². The third kappa shape index (κ3) is 5.26. The zero-order valence-corrected chi connectivity index (χ0v) is 13.6. The van der Waals surface area contributed by atoms with Crippen molar-refractivity contribution in [2.75, 3.05) is 22.9 Å². The molecule has 0 saturated heterocycles. The van der Waals surface area contributed by atoms with E-state index in [1.54, 1.807) is 43.3 Å². The van der Waals surface area contributed by atoms with Crippen LogP contribution < -0.4 is 10.0 Å². The number of hydrogen-bond donors (Lipinski definition) is 2. The number of benzene rings is 1. The van der Waals surface area contributed by atoms with Crippen LogP contribution in [-0.2, 0) is 14.8 Å². The van der Waals surface area contributed by atoms with Gasteiger partial charge in [-0.2, -0.15) is 0 Å². The van der Waals surface area contributed by atoms with Gasteiger partial charge in [0, 0.05) is 5.69 Å². The van der Waals surface area contributed by atoms with Gasteiger partial charge in [0.1, 0.15) is 5.82 Å². The number of hydrogen-bond acceptors (Lipinski definition) is 6. The fourth-order valence-electron chi connectivity index (χ4n) is 1.79. The molecule has 2 N–H and O–H groups in total. The number of ether oxygens (including phenoxy) is 1. The van der Waals surface area contributed by atoms with Gasteiger partial charge in [0.25, 0.3) is 0 Å². The van der Waals surface area contributed by atoms with Crippen molar-refractivity contribution in [2.45, 2.75) is 6.92 Å². The minimum Gasteiger partial charge on any atom is -0.462 e. The highest BCUT2D eigenvalue weighted by Crippen LogP contribution is 2.18. The zero-order valence-electron chi connectivity index (χ0n) is 12.7. The van der Waals surface area contributed by atoms with E-state index in [1.165, 1.54) is 6.20 Å². The number of anilines is 3. The van der Waals surface area contributed by atoms with Crippen LogP contribution in [0.15, 0.2) is 42.6 Å². The summed E-state index contributed by atoms with van der Waals surface area (Å²) >= 11 is 0. The van der Waals surface area contributed by atoms with Crippen LogP contribution in [0.4, 0.5) is 17.2 Å². The topological polar surface area (TPSA) is 97.4 Å². The van der Waals surface area contributed by atoms with E-state index in [0.717, 1.165) is 11.9 Å². The Labute approximate surface area is 134 Å². The van der Waals surface area contributed by atoms with Gasteiger partial charge < -0.3 is 10.1 Å². The van der Waals surface area contributed by atoms with E-state index in [4.69, 9.17) is 4.74 Å². The molecule has 2 aromatic rings. The molecule has 7 nitrogen and oxygen atoms in total. The number of carbonyl (C=O) groups excluding carboxylic acids is 1. The molecule has 0 radical (unpaired) electrons. The van der Waals surface area contributed by atoms with Gasteiger partial charge in [-0.25, -0.2) is 18.2 Å². The van der Waals surface area contributed by atoms with Crippen molar-refractivity contribution in [3.8, 4) is 0 Å². The third-order valence-corrected chi connectivity index (χ3v) is 3.32. The lowest BCUT2D eigenvalue weighted by Gasteiger charge is -2.08. The molecule has 0 aliphatic rings. The first-order valence-corrected chi connectivity index (χ1v) is 8.74. The van der Waals surface area contributed by atoms with Crippen LogP contribution in [0.25, 0.3) is 0 Å². The highest BCUT2D eigenvalue weighted by Gasteiger charge is 2.06. The number of nitrogens with one attached hydrogen (secondary N) is 2. The van der Waals surface area contributed by atoms with Crippen LogP contribution in [0.2, 0.25) is 0 Å². The maximum Gasteiger partial charge on any atom is 0.338 e. The van der Waals surface area contributed by atoms with E-state index in [0.29, 0.717) is 17.9 Å². The molecule has 0 fully saturated rings. The first kappa shape index (κ1) is 16.8. The van der Waals surface area contributed by atoms with E-state index in [1.807, 2.05) is 0 Å². The fourth-order valence-corrected chi connectivity index (χ4v) is 2.29. The second kappa shape index (κ2) is 7.10. The molecule has 0 aliphatic carbocycles. The maximum atomic E-state index is 11.6. The maximum absolute atomic E-state index is 11.6. The van der Waals surface area contributed by atoms with Crippen molar-refractivity contribution < 1.29 is 17.9 Å². The summed E-state index contributed by atoms with van der Waals surface area (Å²) in [6.07, 6.45) is 2.57. The largest absolute Gasteiger partial charge is 0.462 e. The van der Waals surface area contributed by atoms with E-state index in [9.17, 15) is 13.2 Å². The number of esters is 1. The van der Waals surface area contributed by atoms with Crippen molar-refractivity contribution in [3.63, 3.8) is 0 Å². The number of sulfonamides is 1. The smallest absolute Gasteiger partial charge is 0.338 e. The minimum atomic E-state index is -3.34. The minimum absolute atomic E-state index is 0.246. The molecular formula is C15H17N3O4S. The van der Waals surface area contributed by atoms with Crippen molar-refractivity contribution in [1.82, 2.24) is 4.98 Å². The van der Waals surface area contributed by atoms with Gasteiger partial charge in [0.2, 0.25) is 10.0 Å². The van der Waals surface area contributed by atoms with Crippen molar-refractivity contribution >= 4 is 33.2 Å². The molecule has 0 atom stereocenters. The summed E-state index contributed by atoms with van der Waals surface area (Å²) in [7, 11) is -3.34. The molecule has 1 aromatic heterocycles. The number of carbonyl (C=O) groups is 1. The Bertz CT molecular complexity index is 771. The normalized spacial score (nSPS) is 10.9. The summed E-state index contributed by atoms with van der Waals surface area (Å²) in [5.74, 6) is -0.118. The summed E-state index contributed by atoms with van der Waals surface area (Å²) in [4.78, 5) is 15.6. The Kier molecular flexibility index (Phi) is 5.17.